The molecule has 0 heterocycles. The monoisotopic (exact) mass is 322 g/mol. The predicted octanol–water partition coefficient (Wildman–Crippen LogP) is 6.00. The first kappa shape index (κ1) is 17.2. The van der Waals surface area contributed by atoms with Crippen LogP contribution in [0.15, 0.2) is 30.3 Å². The van der Waals surface area contributed by atoms with E-state index in [9.17, 15) is 0 Å². The molecule has 0 unspecified atom stereocenters. The maximum atomic E-state index is 5.51. The minimum atomic E-state index is 0.156. The van der Waals surface area contributed by atoms with Gasteiger partial charge in [0.15, 0.2) is 0 Å². The smallest absolute Gasteiger partial charge is 0.0719 e. The highest BCUT2D eigenvalue weighted by Crippen LogP contribution is 2.43. The molecule has 3 rings (SSSR count). The Morgan fingerprint density at radius 2 is 1.46 bits per heavy atom. The molecule has 1 nitrogen and oxygen atoms in total. The highest BCUT2D eigenvalue weighted by atomic mass is 16.5. The molecule has 0 saturated heterocycles. The molecule has 1 aliphatic carbocycles. The Hall–Kier alpha value is -1.60. The van der Waals surface area contributed by atoms with Crippen LogP contribution in [0.2, 0.25) is 0 Å². The summed E-state index contributed by atoms with van der Waals surface area (Å²) in [4.78, 5) is 0. The molecule has 24 heavy (non-hydrogen) atoms. The Morgan fingerprint density at radius 1 is 0.833 bits per heavy atom. The van der Waals surface area contributed by atoms with Crippen molar-refractivity contribution in [2.24, 2.45) is 0 Å². The van der Waals surface area contributed by atoms with Crippen LogP contribution in [0.5, 0.6) is 0 Å². The quantitative estimate of drug-likeness (QED) is 0.562. The summed E-state index contributed by atoms with van der Waals surface area (Å²) < 4.78 is 5.51. The van der Waals surface area contributed by atoms with E-state index in [4.69, 9.17) is 4.74 Å². The van der Waals surface area contributed by atoms with Gasteiger partial charge in [-0.25, -0.2) is 0 Å². The maximum Gasteiger partial charge on any atom is 0.0719 e. The lowest BCUT2D eigenvalue weighted by molar-refractivity contribution is 0.185. The molecule has 2 aromatic rings. The van der Waals surface area contributed by atoms with Crippen molar-refractivity contribution in [2.45, 2.75) is 65.4 Å². The summed E-state index contributed by atoms with van der Waals surface area (Å²) in [6.07, 6.45) is 1.04. The molecule has 0 bridgehead atoms. The largest absolute Gasteiger partial charge is 0.380 e. The lowest BCUT2D eigenvalue weighted by Crippen LogP contribution is -2.12. The van der Waals surface area contributed by atoms with E-state index in [2.05, 4.69) is 71.9 Å². The van der Waals surface area contributed by atoms with E-state index in [1.54, 1.807) is 7.11 Å². The van der Waals surface area contributed by atoms with E-state index in [1.165, 1.54) is 38.9 Å². The number of rotatable bonds is 2. The molecular formula is C23H30O. The first-order valence-corrected chi connectivity index (χ1v) is 8.90. The molecule has 0 aliphatic heterocycles. The molecule has 0 spiro atoms. The summed E-state index contributed by atoms with van der Waals surface area (Å²) in [7, 11) is 1.79. The van der Waals surface area contributed by atoms with Gasteiger partial charge in [-0.15, -0.1) is 0 Å². The Kier molecular flexibility index (Phi) is 4.12. The highest BCUT2D eigenvalue weighted by Gasteiger charge is 2.26. The molecule has 128 valence electrons. The highest BCUT2D eigenvalue weighted by molar-refractivity contribution is 5.80. The fourth-order valence-corrected chi connectivity index (χ4v) is 3.61. The summed E-state index contributed by atoms with van der Waals surface area (Å²) in [6, 6.07) is 11.8. The third-order valence-corrected chi connectivity index (χ3v) is 5.09. The maximum absolute atomic E-state index is 5.51. The van der Waals surface area contributed by atoms with Crippen LogP contribution in [0.1, 0.15) is 69.4 Å². The van der Waals surface area contributed by atoms with Crippen molar-refractivity contribution < 1.29 is 4.74 Å². The van der Waals surface area contributed by atoms with Crippen molar-refractivity contribution in [3.63, 3.8) is 0 Å². The number of methoxy groups -OCH3 is 1. The standard InChI is InChI=1S/C23H30O/c1-22(2,3)18-8-9-20-15(11-18)10-16-12-19(23(4,5)6)13-17(14-24-7)21(16)20/h8-9,11-13H,10,14H2,1-7H3. The summed E-state index contributed by atoms with van der Waals surface area (Å²) >= 11 is 0. The molecule has 0 saturated carbocycles. The number of benzene rings is 2. The topological polar surface area (TPSA) is 9.23 Å². The van der Waals surface area contributed by atoms with Crippen LogP contribution < -0.4 is 0 Å². The average molecular weight is 322 g/mol. The van der Waals surface area contributed by atoms with Gasteiger partial charge in [0.25, 0.3) is 0 Å². The zero-order valence-corrected chi connectivity index (χ0v) is 16.2. The first-order valence-electron chi connectivity index (χ1n) is 8.90. The van der Waals surface area contributed by atoms with Crippen LogP contribution in [-0.2, 0) is 28.6 Å². The molecule has 0 fully saturated rings. The van der Waals surface area contributed by atoms with E-state index in [0.29, 0.717) is 6.61 Å². The van der Waals surface area contributed by atoms with Crippen LogP contribution >= 0.6 is 0 Å². The lowest BCUT2D eigenvalue weighted by atomic mass is 9.83. The van der Waals surface area contributed by atoms with Gasteiger partial charge < -0.3 is 4.74 Å². The van der Waals surface area contributed by atoms with Gasteiger partial charge >= 0.3 is 0 Å². The van der Waals surface area contributed by atoms with Crippen LogP contribution in [0, 0.1) is 0 Å². The number of hydrogen-bond acceptors (Lipinski definition) is 1. The van der Waals surface area contributed by atoms with Crippen LogP contribution in [0.4, 0.5) is 0 Å². The number of fused-ring (bicyclic) bond motifs is 3. The van der Waals surface area contributed by atoms with Crippen molar-refractivity contribution in [3.8, 4) is 11.1 Å². The second kappa shape index (κ2) is 5.74. The summed E-state index contributed by atoms with van der Waals surface area (Å²) in [5, 5.41) is 0. The molecule has 0 N–H and O–H groups in total. The van der Waals surface area contributed by atoms with E-state index in [-0.39, 0.29) is 10.8 Å². The normalized spacial score (nSPS) is 13.8. The summed E-state index contributed by atoms with van der Waals surface area (Å²) in [5.74, 6) is 0. The Balaban J connectivity index is 2.16. The lowest BCUT2D eigenvalue weighted by Gasteiger charge is -2.22. The first-order chi connectivity index (χ1) is 11.1. The van der Waals surface area contributed by atoms with Crippen LogP contribution in [-0.4, -0.2) is 7.11 Å². The Bertz CT molecular complexity index is 770. The van der Waals surface area contributed by atoms with Crippen molar-refractivity contribution in [3.05, 3.63) is 58.1 Å². The van der Waals surface area contributed by atoms with Gasteiger partial charge in [-0.05, 0) is 56.2 Å². The molecule has 1 aliphatic rings. The fraction of sp³-hybridized carbons (Fsp3) is 0.478. The van der Waals surface area contributed by atoms with E-state index in [0.717, 1.165) is 6.42 Å². The van der Waals surface area contributed by atoms with Crippen molar-refractivity contribution >= 4 is 0 Å². The van der Waals surface area contributed by atoms with Crippen LogP contribution in [0.3, 0.4) is 0 Å². The third-order valence-electron chi connectivity index (χ3n) is 5.09. The van der Waals surface area contributed by atoms with E-state index in [1.807, 2.05) is 0 Å². The summed E-state index contributed by atoms with van der Waals surface area (Å²) in [5.41, 5.74) is 10.2. The molecule has 0 aromatic heterocycles. The van der Waals surface area contributed by atoms with Gasteiger partial charge in [0.05, 0.1) is 6.61 Å². The number of hydrogen-bond donors (Lipinski definition) is 0. The summed E-state index contributed by atoms with van der Waals surface area (Å²) in [6.45, 7) is 14.4. The van der Waals surface area contributed by atoms with Crippen LogP contribution in [0.25, 0.3) is 11.1 Å². The fourth-order valence-electron chi connectivity index (χ4n) is 3.61. The van der Waals surface area contributed by atoms with Gasteiger partial charge in [-0.1, -0.05) is 71.9 Å². The average Bonchev–Trinajstić information content (AvgIpc) is 2.83. The Labute approximate surface area is 147 Å². The second-order valence-electron chi connectivity index (χ2n) is 9.15. The molecule has 0 atom stereocenters. The molecular weight excluding hydrogens is 292 g/mol. The second-order valence-corrected chi connectivity index (χ2v) is 9.15. The van der Waals surface area contributed by atoms with Gasteiger partial charge in [-0.3, -0.25) is 0 Å². The molecule has 0 radical (unpaired) electrons. The minimum Gasteiger partial charge on any atom is -0.380 e. The van der Waals surface area contributed by atoms with Crippen molar-refractivity contribution in [1.82, 2.24) is 0 Å². The van der Waals surface area contributed by atoms with Crippen molar-refractivity contribution in [1.29, 1.82) is 0 Å². The van der Waals surface area contributed by atoms with E-state index >= 15 is 0 Å². The Morgan fingerprint density at radius 3 is 2.04 bits per heavy atom. The van der Waals surface area contributed by atoms with Crippen molar-refractivity contribution in [2.75, 3.05) is 7.11 Å². The molecule has 1 heteroatoms. The van der Waals surface area contributed by atoms with E-state index < -0.39 is 0 Å². The molecule has 2 aromatic carbocycles. The molecule has 0 amide bonds. The number of ether oxygens (including phenoxy) is 1. The zero-order valence-electron chi connectivity index (χ0n) is 16.2. The zero-order chi connectivity index (χ0) is 17.7. The third kappa shape index (κ3) is 3.02. The van der Waals surface area contributed by atoms with Gasteiger partial charge in [0.1, 0.15) is 0 Å². The SMILES string of the molecule is COCc1cc(C(C)(C)C)cc2c1-c1ccc(C(C)(C)C)cc1C2. The minimum absolute atomic E-state index is 0.156. The van der Waals surface area contributed by atoms with Gasteiger partial charge in [-0.2, -0.15) is 0 Å². The van der Waals surface area contributed by atoms with Gasteiger partial charge in [0.2, 0.25) is 0 Å². The van der Waals surface area contributed by atoms with Gasteiger partial charge in [0, 0.05) is 7.11 Å². The predicted molar refractivity (Wildman–Crippen MR) is 103 cm³/mol.